The van der Waals surface area contributed by atoms with E-state index in [1.165, 1.54) is 0 Å². The summed E-state index contributed by atoms with van der Waals surface area (Å²) in [5, 5.41) is 2.94. The lowest BCUT2D eigenvalue weighted by Crippen LogP contribution is -2.15. The zero-order chi connectivity index (χ0) is 12.3. The number of thiazole rings is 1. The minimum atomic E-state index is 0.309. The first-order valence-electron chi connectivity index (χ1n) is 5.85. The molecule has 1 unspecified atom stereocenters. The Morgan fingerprint density at radius 2 is 2.24 bits per heavy atom. The fourth-order valence-electron chi connectivity index (χ4n) is 1.90. The van der Waals surface area contributed by atoms with E-state index in [1.807, 2.05) is 11.6 Å². The van der Waals surface area contributed by atoms with Gasteiger partial charge in [0, 0.05) is 24.0 Å². The monoisotopic (exact) mass is 250 g/mol. The quantitative estimate of drug-likeness (QED) is 0.857. The lowest BCUT2D eigenvalue weighted by molar-refractivity contribution is 0.490. The molecular weight excluding hydrogens is 232 g/mol. The van der Waals surface area contributed by atoms with Crippen molar-refractivity contribution in [3.8, 4) is 10.7 Å². The predicted molar refractivity (Wildman–Crippen MR) is 70.9 cm³/mol. The van der Waals surface area contributed by atoms with Gasteiger partial charge in [0.1, 0.15) is 10.8 Å². The maximum atomic E-state index is 5.81. The number of aromatic nitrogens is 3. The first-order chi connectivity index (χ1) is 8.20. The van der Waals surface area contributed by atoms with Crippen LogP contribution in [0.4, 0.5) is 0 Å². The number of nitrogens with one attached hydrogen (secondary N) is 1. The molecule has 2 heterocycles. The predicted octanol–water partition coefficient (Wildman–Crippen LogP) is 2.62. The van der Waals surface area contributed by atoms with E-state index in [0.29, 0.717) is 18.4 Å². The van der Waals surface area contributed by atoms with Gasteiger partial charge in [-0.2, -0.15) is 0 Å². The molecule has 0 bridgehead atoms. The van der Waals surface area contributed by atoms with E-state index in [4.69, 9.17) is 5.73 Å². The first kappa shape index (κ1) is 12.3. The molecule has 92 valence electrons. The summed E-state index contributed by atoms with van der Waals surface area (Å²) in [6.45, 7) is 5.03. The number of aromatic amines is 1. The topological polar surface area (TPSA) is 67.6 Å². The van der Waals surface area contributed by atoms with Crippen LogP contribution in [0.2, 0.25) is 0 Å². The average molecular weight is 250 g/mol. The molecule has 0 spiro atoms. The third kappa shape index (κ3) is 2.92. The van der Waals surface area contributed by atoms with Crippen LogP contribution < -0.4 is 5.73 Å². The van der Waals surface area contributed by atoms with Gasteiger partial charge in [-0.15, -0.1) is 11.3 Å². The molecule has 0 aromatic carbocycles. The van der Waals surface area contributed by atoms with Gasteiger partial charge in [-0.1, -0.05) is 13.8 Å². The summed E-state index contributed by atoms with van der Waals surface area (Å²) in [5.74, 6) is 1.91. The molecule has 0 amide bonds. The molecule has 1 atom stereocenters. The zero-order valence-electron chi connectivity index (χ0n) is 10.2. The van der Waals surface area contributed by atoms with Crippen LogP contribution in [0.5, 0.6) is 0 Å². The fourth-order valence-corrected chi connectivity index (χ4v) is 2.50. The molecule has 0 aliphatic rings. The summed E-state index contributed by atoms with van der Waals surface area (Å²) in [4.78, 5) is 12.0. The largest absolute Gasteiger partial charge is 0.340 e. The summed E-state index contributed by atoms with van der Waals surface area (Å²) in [5.41, 5.74) is 6.79. The van der Waals surface area contributed by atoms with Crippen LogP contribution in [0.1, 0.15) is 32.0 Å². The van der Waals surface area contributed by atoms with Crippen LogP contribution in [0.25, 0.3) is 10.7 Å². The van der Waals surface area contributed by atoms with E-state index in [0.717, 1.165) is 22.9 Å². The smallest absolute Gasteiger partial charge is 0.141 e. The molecule has 0 fully saturated rings. The Morgan fingerprint density at radius 1 is 1.41 bits per heavy atom. The van der Waals surface area contributed by atoms with Crippen molar-refractivity contribution >= 4 is 11.3 Å². The van der Waals surface area contributed by atoms with Gasteiger partial charge in [-0.3, -0.25) is 0 Å². The maximum Gasteiger partial charge on any atom is 0.141 e. The third-order valence-electron chi connectivity index (χ3n) is 2.69. The standard InChI is InChI=1S/C12H18N4S/c1-8(2)5-9(6-13)11-15-7-10(16-11)12-14-3-4-17-12/h3-4,7-9H,5-6,13H2,1-2H3,(H,15,16). The number of H-pyrrole nitrogens is 1. The summed E-state index contributed by atoms with van der Waals surface area (Å²) >= 11 is 1.61. The molecule has 3 N–H and O–H groups in total. The summed E-state index contributed by atoms with van der Waals surface area (Å²) in [7, 11) is 0. The second kappa shape index (κ2) is 5.42. The Labute approximate surface area is 105 Å². The van der Waals surface area contributed by atoms with Gasteiger partial charge >= 0.3 is 0 Å². The van der Waals surface area contributed by atoms with Crippen molar-refractivity contribution in [2.45, 2.75) is 26.2 Å². The van der Waals surface area contributed by atoms with E-state index in [2.05, 4.69) is 28.8 Å². The fraction of sp³-hybridized carbons (Fsp3) is 0.500. The van der Waals surface area contributed by atoms with Gasteiger partial charge in [0.2, 0.25) is 0 Å². The van der Waals surface area contributed by atoms with E-state index in [9.17, 15) is 0 Å². The van der Waals surface area contributed by atoms with Crippen LogP contribution >= 0.6 is 11.3 Å². The summed E-state index contributed by atoms with van der Waals surface area (Å²) in [6.07, 6.45) is 4.70. The lowest BCUT2D eigenvalue weighted by atomic mass is 9.97. The Morgan fingerprint density at radius 3 is 2.82 bits per heavy atom. The Hall–Kier alpha value is -1.20. The lowest BCUT2D eigenvalue weighted by Gasteiger charge is -2.14. The van der Waals surface area contributed by atoms with Gasteiger partial charge in [0.15, 0.2) is 0 Å². The van der Waals surface area contributed by atoms with Crippen molar-refractivity contribution in [1.82, 2.24) is 15.0 Å². The van der Waals surface area contributed by atoms with Crippen LogP contribution in [0.15, 0.2) is 17.8 Å². The summed E-state index contributed by atoms with van der Waals surface area (Å²) < 4.78 is 0. The molecule has 17 heavy (non-hydrogen) atoms. The van der Waals surface area contributed by atoms with Crippen molar-refractivity contribution < 1.29 is 0 Å². The normalized spacial score (nSPS) is 13.2. The molecule has 2 aromatic rings. The van der Waals surface area contributed by atoms with Gasteiger partial charge in [0.25, 0.3) is 0 Å². The van der Waals surface area contributed by atoms with Crippen molar-refractivity contribution in [2.75, 3.05) is 6.54 Å². The number of imidazole rings is 1. The van der Waals surface area contributed by atoms with Gasteiger partial charge in [0.05, 0.1) is 11.9 Å². The molecular formula is C12H18N4S. The van der Waals surface area contributed by atoms with Crippen molar-refractivity contribution in [2.24, 2.45) is 11.7 Å². The highest BCUT2D eigenvalue weighted by atomic mass is 32.1. The third-order valence-corrected chi connectivity index (χ3v) is 3.49. The Kier molecular flexibility index (Phi) is 3.91. The minimum Gasteiger partial charge on any atom is -0.340 e. The Bertz CT molecular complexity index is 447. The number of nitrogens with two attached hydrogens (primary N) is 1. The van der Waals surface area contributed by atoms with Crippen LogP contribution in [0.3, 0.4) is 0 Å². The van der Waals surface area contributed by atoms with Crippen LogP contribution in [-0.4, -0.2) is 21.5 Å². The second-order valence-corrected chi connectivity index (χ2v) is 5.48. The number of nitrogens with zero attached hydrogens (tertiary/aromatic N) is 2. The van der Waals surface area contributed by atoms with Crippen molar-refractivity contribution in [3.63, 3.8) is 0 Å². The number of hydrogen-bond donors (Lipinski definition) is 2. The highest BCUT2D eigenvalue weighted by Crippen LogP contribution is 2.24. The SMILES string of the molecule is CC(C)CC(CN)c1ncc(-c2nccs2)[nH]1. The van der Waals surface area contributed by atoms with Gasteiger partial charge < -0.3 is 10.7 Å². The molecule has 4 nitrogen and oxygen atoms in total. The average Bonchev–Trinajstić information content (AvgIpc) is 2.95. The first-order valence-corrected chi connectivity index (χ1v) is 6.73. The van der Waals surface area contributed by atoms with Crippen LogP contribution in [0, 0.1) is 5.92 Å². The summed E-state index contributed by atoms with van der Waals surface area (Å²) in [6, 6.07) is 0. The van der Waals surface area contributed by atoms with Gasteiger partial charge in [-0.05, 0) is 12.3 Å². The highest BCUT2D eigenvalue weighted by Gasteiger charge is 2.16. The molecule has 5 heteroatoms. The second-order valence-electron chi connectivity index (χ2n) is 4.58. The molecule has 0 saturated heterocycles. The van der Waals surface area contributed by atoms with E-state index in [1.54, 1.807) is 17.5 Å². The van der Waals surface area contributed by atoms with E-state index in [-0.39, 0.29) is 0 Å². The zero-order valence-corrected chi connectivity index (χ0v) is 11.0. The molecule has 0 aliphatic carbocycles. The van der Waals surface area contributed by atoms with Crippen LogP contribution in [-0.2, 0) is 0 Å². The molecule has 0 radical (unpaired) electrons. The highest BCUT2D eigenvalue weighted by molar-refractivity contribution is 7.13. The molecule has 0 aliphatic heterocycles. The number of hydrogen-bond acceptors (Lipinski definition) is 4. The minimum absolute atomic E-state index is 0.309. The van der Waals surface area contributed by atoms with Crippen molar-refractivity contribution in [3.05, 3.63) is 23.6 Å². The maximum absolute atomic E-state index is 5.81. The van der Waals surface area contributed by atoms with Gasteiger partial charge in [-0.25, -0.2) is 9.97 Å². The van der Waals surface area contributed by atoms with Crippen molar-refractivity contribution in [1.29, 1.82) is 0 Å². The molecule has 2 rings (SSSR count). The molecule has 0 saturated carbocycles. The van der Waals surface area contributed by atoms with E-state index >= 15 is 0 Å². The Balaban J connectivity index is 2.16. The molecule has 2 aromatic heterocycles. The van der Waals surface area contributed by atoms with E-state index < -0.39 is 0 Å². The number of rotatable bonds is 5.